The van der Waals surface area contributed by atoms with Crippen LogP contribution >= 0.6 is 23.2 Å². The van der Waals surface area contributed by atoms with Gasteiger partial charge in [0.1, 0.15) is 11.6 Å². The van der Waals surface area contributed by atoms with Gasteiger partial charge in [-0.1, -0.05) is 49.2 Å². The lowest BCUT2D eigenvalue weighted by molar-refractivity contribution is -0.138. The number of esters is 1. The Bertz CT molecular complexity index is 783. The fraction of sp³-hybridized carbons (Fsp3) is 0.381. The average molecular weight is 430 g/mol. The molecule has 0 saturated heterocycles. The second-order valence-corrected chi connectivity index (χ2v) is 6.53. The fourth-order valence-corrected chi connectivity index (χ4v) is 3.37. The number of rotatable bonds is 2. The lowest BCUT2D eigenvalue weighted by Crippen LogP contribution is -2.14. The van der Waals surface area contributed by atoms with E-state index in [0.717, 1.165) is 24.2 Å². The van der Waals surface area contributed by atoms with Gasteiger partial charge < -0.3 is 15.2 Å². The van der Waals surface area contributed by atoms with Crippen molar-refractivity contribution >= 4 is 29.2 Å². The lowest BCUT2D eigenvalue weighted by atomic mass is 9.94. The number of benzene rings is 2. The molecule has 154 valence electrons. The van der Waals surface area contributed by atoms with Gasteiger partial charge in [0.25, 0.3) is 0 Å². The van der Waals surface area contributed by atoms with Crippen molar-refractivity contribution in [3.8, 4) is 16.9 Å². The molecule has 0 unspecified atom stereocenters. The molecular weight excluding hydrogens is 404 g/mol. The van der Waals surface area contributed by atoms with E-state index < -0.39 is 5.82 Å². The monoisotopic (exact) mass is 429 g/mol. The quantitative estimate of drug-likeness (QED) is 0.633. The molecule has 7 heteroatoms. The SMILES string of the molecule is CC.COC(=O)CN.Cc1ccc(-c2c(Cl)cc(F)cc2Cl)c2c1CCCO2. The Kier molecular flexibility index (Phi) is 10.3. The number of hydrogen-bond acceptors (Lipinski definition) is 4. The van der Waals surface area contributed by atoms with Crippen molar-refractivity contribution in [2.45, 2.75) is 33.6 Å². The maximum atomic E-state index is 13.3. The number of aryl methyl sites for hydroxylation is 1. The highest BCUT2D eigenvalue weighted by atomic mass is 35.5. The first-order chi connectivity index (χ1) is 13.4. The number of fused-ring (bicyclic) bond motifs is 1. The van der Waals surface area contributed by atoms with Crippen molar-refractivity contribution in [2.75, 3.05) is 20.3 Å². The summed E-state index contributed by atoms with van der Waals surface area (Å²) in [5, 5.41) is 0.602. The van der Waals surface area contributed by atoms with Gasteiger partial charge in [-0.15, -0.1) is 0 Å². The Balaban J connectivity index is 0.000000422. The van der Waals surface area contributed by atoms with E-state index >= 15 is 0 Å². The first-order valence-electron chi connectivity index (χ1n) is 9.06. The zero-order chi connectivity index (χ0) is 21.3. The minimum absolute atomic E-state index is 0.0312. The predicted molar refractivity (Wildman–Crippen MR) is 113 cm³/mol. The van der Waals surface area contributed by atoms with E-state index in [4.69, 9.17) is 33.7 Å². The summed E-state index contributed by atoms with van der Waals surface area (Å²) in [5.41, 5.74) is 8.65. The van der Waals surface area contributed by atoms with Gasteiger partial charge in [-0.05, 0) is 43.0 Å². The fourth-order valence-electron chi connectivity index (χ4n) is 2.70. The van der Waals surface area contributed by atoms with E-state index in [1.807, 2.05) is 26.0 Å². The van der Waals surface area contributed by atoms with E-state index in [2.05, 4.69) is 11.7 Å². The summed E-state index contributed by atoms with van der Waals surface area (Å²) in [7, 11) is 1.30. The summed E-state index contributed by atoms with van der Waals surface area (Å²) in [6.45, 7) is 6.71. The summed E-state index contributed by atoms with van der Waals surface area (Å²) >= 11 is 12.3. The lowest BCUT2D eigenvalue weighted by Gasteiger charge is -2.23. The Morgan fingerprint density at radius 3 is 2.36 bits per heavy atom. The topological polar surface area (TPSA) is 61.5 Å². The van der Waals surface area contributed by atoms with Crippen LogP contribution in [-0.4, -0.2) is 26.2 Å². The van der Waals surface area contributed by atoms with Gasteiger partial charge in [0.05, 0.1) is 30.3 Å². The third-order valence-electron chi connectivity index (χ3n) is 3.98. The molecule has 0 spiro atoms. The number of ether oxygens (including phenoxy) is 2. The van der Waals surface area contributed by atoms with Crippen LogP contribution in [0.5, 0.6) is 5.75 Å². The second-order valence-electron chi connectivity index (χ2n) is 5.71. The highest BCUT2D eigenvalue weighted by Crippen LogP contribution is 2.44. The molecule has 2 N–H and O–H groups in total. The largest absolute Gasteiger partial charge is 0.493 e. The van der Waals surface area contributed by atoms with Gasteiger partial charge in [0, 0.05) is 11.1 Å². The molecule has 0 fully saturated rings. The number of nitrogens with two attached hydrogens (primary N) is 1. The normalized spacial score (nSPS) is 11.7. The van der Waals surface area contributed by atoms with Crippen molar-refractivity contribution in [3.63, 3.8) is 0 Å². The molecular formula is C21H26Cl2FNO3. The Morgan fingerprint density at radius 2 is 1.86 bits per heavy atom. The van der Waals surface area contributed by atoms with Crippen LogP contribution in [0.2, 0.25) is 10.0 Å². The third kappa shape index (κ3) is 6.09. The van der Waals surface area contributed by atoms with Crippen LogP contribution in [0.25, 0.3) is 11.1 Å². The third-order valence-corrected chi connectivity index (χ3v) is 4.58. The predicted octanol–water partition coefficient (Wildman–Crippen LogP) is 5.58. The summed E-state index contributed by atoms with van der Waals surface area (Å²) in [4.78, 5) is 9.83. The van der Waals surface area contributed by atoms with Crippen LogP contribution in [0.3, 0.4) is 0 Å². The van der Waals surface area contributed by atoms with Crippen molar-refractivity contribution in [3.05, 3.63) is 51.3 Å². The van der Waals surface area contributed by atoms with Gasteiger partial charge in [0.15, 0.2) is 0 Å². The Hall–Kier alpha value is -1.82. The van der Waals surface area contributed by atoms with Crippen LogP contribution in [0, 0.1) is 12.7 Å². The van der Waals surface area contributed by atoms with Crippen molar-refractivity contribution in [1.82, 2.24) is 0 Å². The summed E-state index contributed by atoms with van der Waals surface area (Å²) in [6, 6.07) is 6.51. The van der Waals surface area contributed by atoms with E-state index in [-0.39, 0.29) is 12.5 Å². The van der Waals surface area contributed by atoms with Gasteiger partial charge in [-0.2, -0.15) is 0 Å². The zero-order valence-corrected chi connectivity index (χ0v) is 18.1. The van der Waals surface area contributed by atoms with Crippen LogP contribution in [0.15, 0.2) is 24.3 Å². The number of hydrogen-bond donors (Lipinski definition) is 1. The highest BCUT2D eigenvalue weighted by Gasteiger charge is 2.21. The van der Waals surface area contributed by atoms with Crippen molar-refractivity contribution < 1.29 is 18.7 Å². The molecule has 4 nitrogen and oxygen atoms in total. The number of carbonyl (C=O) groups excluding carboxylic acids is 1. The number of halogens is 3. The molecule has 0 amide bonds. The molecule has 1 aliphatic rings. The Labute approximate surface area is 175 Å². The molecule has 0 atom stereocenters. The minimum atomic E-state index is -0.439. The first kappa shape index (κ1) is 24.2. The molecule has 0 radical (unpaired) electrons. The number of methoxy groups -OCH3 is 1. The maximum Gasteiger partial charge on any atom is 0.319 e. The summed E-state index contributed by atoms with van der Waals surface area (Å²) < 4.78 is 23.3. The van der Waals surface area contributed by atoms with Gasteiger partial charge in [-0.25, -0.2) is 4.39 Å². The molecule has 3 rings (SSSR count). The van der Waals surface area contributed by atoms with Gasteiger partial charge in [0.2, 0.25) is 0 Å². The second kappa shape index (κ2) is 11.9. The standard InChI is InChI=1S/C16H13Cl2FO.C3H7NO2.C2H6/c1-9-4-5-12(16-11(9)3-2-6-20-16)15-13(17)7-10(19)8-14(15)18;1-6-3(5)2-4;1-2/h4-5,7-8H,2-3,6H2,1H3;2,4H2,1H3;1-2H3. The highest BCUT2D eigenvalue weighted by molar-refractivity contribution is 6.39. The van der Waals surface area contributed by atoms with Crippen LogP contribution in [0.4, 0.5) is 4.39 Å². The summed E-state index contributed by atoms with van der Waals surface area (Å²) in [6.07, 6.45) is 1.98. The van der Waals surface area contributed by atoms with E-state index in [1.165, 1.54) is 30.4 Å². The maximum absolute atomic E-state index is 13.3. The van der Waals surface area contributed by atoms with Gasteiger partial charge in [-0.3, -0.25) is 4.79 Å². The van der Waals surface area contributed by atoms with Crippen molar-refractivity contribution in [1.29, 1.82) is 0 Å². The molecule has 0 bridgehead atoms. The van der Waals surface area contributed by atoms with Crippen LogP contribution in [0.1, 0.15) is 31.4 Å². The molecule has 28 heavy (non-hydrogen) atoms. The average Bonchev–Trinajstić information content (AvgIpc) is 2.70. The molecule has 2 aromatic rings. The summed E-state index contributed by atoms with van der Waals surface area (Å²) in [5.74, 6) is 0.00676. The van der Waals surface area contributed by atoms with Crippen molar-refractivity contribution in [2.24, 2.45) is 5.73 Å². The molecule has 1 heterocycles. The zero-order valence-electron chi connectivity index (χ0n) is 16.6. The number of carbonyl (C=O) groups is 1. The molecule has 1 aliphatic heterocycles. The van der Waals surface area contributed by atoms with Crippen LogP contribution < -0.4 is 10.5 Å². The molecule has 0 saturated carbocycles. The molecule has 0 aliphatic carbocycles. The smallest absolute Gasteiger partial charge is 0.319 e. The minimum Gasteiger partial charge on any atom is -0.493 e. The van der Waals surface area contributed by atoms with E-state index in [9.17, 15) is 9.18 Å². The van der Waals surface area contributed by atoms with Gasteiger partial charge >= 0.3 is 5.97 Å². The first-order valence-corrected chi connectivity index (χ1v) is 9.81. The van der Waals surface area contributed by atoms with Crippen LogP contribution in [-0.2, 0) is 16.0 Å². The molecule has 2 aromatic carbocycles. The molecule has 0 aromatic heterocycles. The van der Waals surface area contributed by atoms with E-state index in [0.29, 0.717) is 22.2 Å². The van der Waals surface area contributed by atoms with E-state index in [1.54, 1.807) is 0 Å². The Morgan fingerprint density at radius 1 is 1.25 bits per heavy atom.